The van der Waals surface area contributed by atoms with E-state index >= 15 is 0 Å². The molecule has 3 aromatic rings. The van der Waals surface area contributed by atoms with E-state index in [-0.39, 0.29) is 0 Å². The van der Waals surface area contributed by atoms with Gasteiger partial charge in [-0.05, 0) is 46.3 Å². The highest BCUT2D eigenvalue weighted by molar-refractivity contribution is 9.10. The molecule has 0 bridgehead atoms. The van der Waals surface area contributed by atoms with Gasteiger partial charge >= 0.3 is 0 Å². The number of nitrogens with zero attached hydrogens (tertiary/aromatic N) is 1. The molecule has 6 heteroatoms. The first-order valence-electron chi connectivity index (χ1n) is 5.84. The number of rotatable bonds is 3. The Balaban J connectivity index is 2.02. The van der Waals surface area contributed by atoms with Crippen LogP contribution in [0.25, 0.3) is 10.2 Å². The molecule has 0 atom stereocenters. The molecule has 0 aliphatic carbocycles. The summed E-state index contributed by atoms with van der Waals surface area (Å²) in [5.74, 6) is 0. The van der Waals surface area contributed by atoms with Crippen LogP contribution in [-0.2, 0) is 0 Å². The van der Waals surface area contributed by atoms with Gasteiger partial charge in [-0.2, -0.15) is 0 Å². The van der Waals surface area contributed by atoms with E-state index in [1.807, 2.05) is 35.8 Å². The number of benzene rings is 2. The molecule has 0 unspecified atom stereocenters. The molecule has 3 nitrogen and oxygen atoms in total. The Labute approximate surface area is 134 Å². The maximum absolute atomic E-state index is 5.80. The zero-order chi connectivity index (χ0) is 14.1. The quantitative estimate of drug-likeness (QED) is 0.675. The molecule has 0 aliphatic heterocycles. The fraction of sp³-hybridized carbons (Fsp3) is 0. The normalized spacial score (nSPS) is 10.7. The van der Waals surface area contributed by atoms with E-state index in [0.29, 0.717) is 4.99 Å². The van der Waals surface area contributed by atoms with Crippen LogP contribution >= 0.6 is 39.5 Å². The lowest BCUT2D eigenvalue weighted by molar-refractivity contribution is 1.48. The highest BCUT2D eigenvalue weighted by Gasteiger charge is 2.10. The summed E-state index contributed by atoms with van der Waals surface area (Å²) in [6.07, 6.45) is 0. The van der Waals surface area contributed by atoms with Crippen molar-refractivity contribution in [2.24, 2.45) is 5.73 Å². The van der Waals surface area contributed by atoms with E-state index < -0.39 is 0 Å². The minimum absolute atomic E-state index is 0.360. The Bertz CT molecular complexity index is 798. The van der Waals surface area contributed by atoms with Gasteiger partial charge in [-0.3, -0.25) is 0 Å². The van der Waals surface area contributed by atoms with Crippen molar-refractivity contribution in [2.45, 2.75) is 0 Å². The van der Waals surface area contributed by atoms with Crippen molar-refractivity contribution in [3.05, 3.63) is 51.9 Å². The summed E-state index contributed by atoms with van der Waals surface area (Å²) >= 11 is 10.2. The monoisotopic (exact) mass is 363 g/mol. The Morgan fingerprint density at radius 2 is 2.15 bits per heavy atom. The molecule has 1 heterocycles. The highest BCUT2D eigenvalue weighted by atomic mass is 79.9. The second-order valence-electron chi connectivity index (χ2n) is 4.19. The van der Waals surface area contributed by atoms with Crippen LogP contribution in [0.1, 0.15) is 5.56 Å². The second-order valence-corrected chi connectivity index (χ2v) is 6.37. The molecule has 0 fully saturated rings. The van der Waals surface area contributed by atoms with Crippen LogP contribution in [0.2, 0.25) is 0 Å². The average Bonchev–Trinajstić information content (AvgIpc) is 2.85. The van der Waals surface area contributed by atoms with Gasteiger partial charge in [-0.25, -0.2) is 4.98 Å². The molecule has 0 aliphatic rings. The number of halogens is 1. The molecule has 20 heavy (non-hydrogen) atoms. The van der Waals surface area contributed by atoms with Gasteiger partial charge in [0, 0.05) is 21.4 Å². The summed E-state index contributed by atoms with van der Waals surface area (Å²) in [6.45, 7) is 0. The summed E-state index contributed by atoms with van der Waals surface area (Å²) in [6, 6.07) is 11.9. The van der Waals surface area contributed by atoms with Crippen molar-refractivity contribution < 1.29 is 0 Å². The molecule has 2 aromatic carbocycles. The number of nitrogens with two attached hydrogens (primary N) is 1. The van der Waals surface area contributed by atoms with E-state index in [4.69, 9.17) is 18.0 Å². The topological polar surface area (TPSA) is 50.9 Å². The first kappa shape index (κ1) is 13.5. The van der Waals surface area contributed by atoms with Gasteiger partial charge in [0.1, 0.15) is 4.99 Å². The Kier molecular flexibility index (Phi) is 3.69. The van der Waals surface area contributed by atoms with Crippen LogP contribution in [-0.4, -0.2) is 9.97 Å². The summed E-state index contributed by atoms with van der Waals surface area (Å²) in [5.41, 5.74) is 11.3. The third-order valence-corrected chi connectivity index (χ3v) is 4.53. The highest BCUT2D eigenvalue weighted by Crippen LogP contribution is 2.29. The van der Waals surface area contributed by atoms with Crippen LogP contribution in [0.5, 0.6) is 0 Å². The maximum atomic E-state index is 5.80. The number of aromatic nitrogens is 1. The zero-order valence-electron chi connectivity index (χ0n) is 10.3. The predicted molar refractivity (Wildman–Crippen MR) is 92.9 cm³/mol. The summed E-state index contributed by atoms with van der Waals surface area (Å²) in [5, 5.41) is 3.36. The van der Waals surface area contributed by atoms with Crippen molar-refractivity contribution in [1.29, 1.82) is 0 Å². The van der Waals surface area contributed by atoms with Crippen molar-refractivity contribution >= 4 is 66.1 Å². The number of thiazole rings is 1. The maximum Gasteiger partial charge on any atom is 0.107 e. The molecule has 0 saturated heterocycles. The van der Waals surface area contributed by atoms with Gasteiger partial charge in [-0.15, -0.1) is 11.3 Å². The van der Waals surface area contributed by atoms with Crippen LogP contribution in [0.3, 0.4) is 0 Å². The fourth-order valence-electron chi connectivity index (χ4n) is 1.97. The molecule has 100 valence electrons. The Morgan fingerprint density at radius 1 is 1.30 bits per heavy atom. The molecular formula is C14H10BrN3S2. The number of nitrogens with one attached hydrogen (secondary N) is 1. The number of thiocarbonyl (C=S) groups is 1. The van der Waals surface area contributed by atoms with E-state index in [1.165, 1.54) is 0 Å². The summed E-state index contributed by atoms with van der Waals surface area (Å²) in [4.78, 5) is 4.63. The van der Waals surface area contributed by atoms with E-state index in [2.05, 4.69) is 32.3 Å². The number of anilines is 2. The first-order chi connectivity index (χ1) is 9.65. The van der Waals surface area contributed by atoms with Crippen LogP contribution in [0.15, 0.2) is 46.4 Å². The van der Waals surface area contributed by atoms with Crippen molar-refractivity contribution in [3.63, 3.8) is 0 Å². The summed E-state index contributed by atoms with van der Waals surface area (Å²) in [7, 11) is 0. The molecule has 3 rings (SSSR count). The summed E-state index contributed by atoms with van der Waals surface area (Å²) < 4.78 is 2.02. The largest absolute Gasteiger partial charge is 0.389 e. The zero-order valence-corrected chi connectivity index (χ0v) is 13.5. The van der Waals surface area contributed by atoms with Crippen LogP contribution < -0.4 is 11.1 Å². The van der Waals surface area contributed by atoms with Gasteiger partial charge in [0.2, 0.25) is 0 Å². The van der Waals surface area contributed by atoms with E-state index in [1.54, 1.807) is 11.3 Å². The minimum Gasteiger partial charge on any atom is -0.389 e. The van der Waals surface area contributed by atoms with Crippen LogP contribution in [0, 0.1) is 0 Å². The Morgan fingerprint density at radius 3 is 2.95 bits per heavy atom. The lowest BCUT2D eigenvalue weighted by Gasteiger charge is -2.12. The number of hydrogen-bond donors (Lipinski definition) is 2. The molecular weight excluding hydrogens is 354 g/mol. The molecule has 0 amide bonds. The number of hydrogen-bond acceptors (Lipinski definition) is 4. The average molecular weight is 364 g/mol. The molecule has 0 spiro atoms. The molecule has 1 aromatic heterocycles. The lowest BCUT2D eigenvalue weighted by atomic mass is 10.1. The second kappa shape index (κ2) is 5.47. The van der Waals surface area contributed by atoms with Crippen molar-refractivity contribution in [2.75, 3.05) is 5.32 Å². The third kappa shape index (κ3) is 2.54. The Hall–Kier alpha value is -1.50. The van der Waals surface area contributed by atoms with Gasteiger partial charge in [0.05, 0.1) is 15.7 Å². The molecule has 3 N–H and O–H groups in total. The van der Waals surface area contributed by atoms with E-state index in [9.17, 15) is 0 Å². The SMILES string of the molecule is NC(=S)c1c(Br)cccc1Nc1ccc2ncsc2c1. The smallest absolute Gasteiger partial charge is 0.107 e. The van der Waals surface area contributed by atoms with Crippen molar-refractivity contribution in [1.82, 2.24) is 4.98 Å². The lowest BCUT2D eigenvalue weighted by Crippen LogP contribution is -2.12. The molecule has 0 radical (unpaired) electrons. The van der Waals surface area contributed by atoms with E-state index in [0.717, 1.165) is 31.6 Å². The predicted octanol–water partition coefficient (Wildman–Crippen LogP) is 4.44. The number of fused-ring (bicyclic) bond motifs is 1. The minimum atomic E-state index is 0.360. The standard InChI is InChI=1S/C14H10BrN3S2/c15-9-2-1-3-11(13(9)14(16)19)18-8-4-5-10-12(6-8)20-7-17-10/h1-7,18H,(H2,16,19). The van der Waals surface area contributed by atoms with Gasteiger partial charge in [0.15, 0.2) is 0 Å². The third-order valence-electron chi connectivity index (χ3n) is 2.87. The molecule has 0 saturated carbocycles. The van der Waals surface area contributed by atoms with Gasteiger partial charge in [0.25, 0.3) is 0 Å². The van der Waals surface area contributed by atoms with Crippen molar-refractivity contribution in [3.8, 4) is 0 Å². The van der Waals surface area contributed by atoms with Crippen LogP contribution in [0.4, 0.5) is 11.4 Å². The van der Waals surface area contributed by atoms with Gasteiger partial charge < -0.3 is 11.1 Å². The fourth-order valence-corrected chi connectivity index (χ4v) is 3.61. The first-order valence-corrected chi connectivity index (χ1v) is 7.92. The van der Waals surface area contributed by atoms with Gasteiger partial charge in [-0.1, -0.05) is 18.3 Å².